The van der Waals surface area contributed by atoms with E-state index < -0.39 is 0 Å². The fourth-order valence-electron chi connectivity index (χ4n) is 2.83. The van der Waals surface area contributed by atoms with Gasteiger partial charge in [-0.05, 0) is 54.2 Å². The minimum Gasteiger partial charge on any atom is -0.374 e. The first-order valence-electron chi connectivity index (χ1n) is 6.51. The molecule has 1 aliphatic carbocycles. The Kier molecular flexibility index (Phi) is 2.86. The van der Waals surface area contributed by atoms with Gasteiger partial charge in [0.1, 0.15) is 0 Å². The Hall–Kier alpha value is -1.34. The fraction of sp³-hybridized carbons (Fsp3) is 0.375. The molecule has 17 heavy (non-hydrogen) atoms. The standard InChI is InChI=1S/C16H18O/c1-2-17-16-9-5-8-14-10-12-6-3-4-7-13(12)11-15(14)16/h3-4,6-7,10-11,16H,2,5,8-9H2,1H3. The van der Waals surface area contributed by atoms with Gasteiger partial charge in [0.2, 0.25) is 0 Å². The van der Waals surface area contributed by atoms with Crippen LogP contribution in [0.1, 0.15) is 37.0 Å². The maximum absolute atomic E-state index is 5.86. The minimum atomic E-state index is 0.313. The molecule has 1 atom stereocenters. The van der Waals surface area contributed by atoms with Crippen LogP contribution in [0.5, 0.6) is 0 Å². The highest BCUT2D eigenvalue weighted by Gasteiger charge is 2.20. The second-order valence-corrected chi connectivity index (χ2v) is 4.73. The maximum atomic E-state index is 5.86. The maximum Gasteiger partial charge on any atom is 0.0827 e. The predicted molar refractivity (Wildman–Crippen MR) is 71.3 cm³/mol. The molecule has 0 heterocycles. The average Bonchev–Trinajstić information content (AvgIpc) is 2.37. The summed E-state index contributed by atoms with van der Waals surface area (Å²) in [6.07, 6.45) is 3.92. The molecule has 0 spiro atoms. The van der Waals surface area contributed by atoms with Gasteiger partial charge in [0.05, 0.1) is 6.10 Å². The van der Waals surface area contributed by atoms with Crippen LogP contribution in [-0.2, 0) is 11.2 Å². The Balaban J connectivity index is 2.12. The third kappa shape index (κ3) is 1.96. The van der Waals surface area contributed by atoms with E-state index in [1.807, 2.05) is 0 Å². The van der Waals surface area contributed by atoms with Crippen LogP contribution >= 0.6 is 0 Å². The topological polar surface area (TPSA) is 9.23 Å². The SMILES string of the molecule is CCOC1CCCc2cc3ccccc3cc21. The van der Waals surface area contributed by atoms with Crippen molar-refractivity contribution in [1.82, 2.24) is 0 Å². The molecule has 3 rings (SSSR count). The number of hydrogen-bond acceptors (Lipinski definition) is 1. The van der Waals surface area contributed by atoms with E-state index in [4.69, 9.17) is 4.74 Å². The van der Waals surface area contributed by atoms with E-state index in [2.05, 4.69) is 43.3 Å². The summed E-state index contributed by atoms with van der Waals surface area (Å²) in [7, 11) is 0. The van der Waals surface area contributed by atoms with E-state index in [0.717, 1.165) is 6.61 Å². The number of rotatable bonds is 2. The van der Waals surface area contributed by atoms with Gasteiger partial charge in [0.15, 0.2) is 0 Å². The Bertz CT molecular complexity index is 530. The molecule has 88 valence electrons. The number of benzene rings is 2. The van der Waals surface area contributed by atoms with Crippen LogP contribution in [-0.4, -0.2) is 6.61 Å². The van der Waals surface area contributed by atoms with Gasteiger partial charge in [-0.1, -0.05) is 30.3 Å². The molecule has 1 nitrogen and oxygen atoms in total. The fourth-order valence-corrected chi connectivity index (χ4v) is 2.83. The summed E-state index contributed by atoms with van der Waals surface area (Å²) in [6, 6.07) is 13.3. The van der Waals surface area contributed by atoms with Gasteiger partial charge in [-0.3, -0.25) is 0 Å². The summed E-state index contributed by atoms with van der Waals surface area (Å²) in [4.78, 5) is 0. The molecule has 0 aromatic heterocycles. The lowest BCUT2D eigenvalue weighted by Crippen LogP contribution is -2.12. The third-order valence-electron chi connectivity index (χ3n) is 3.63. The zero-order chi connectivity index (χ0) is 11.7. The first-order valence-corrected chi connectivity index (χ1v) is 6.51. The zero-order valence-corrected chi connectivity index (χ0v) is 10.3. The highest BCUT2D eigenvalue weighted by molar-refractivity contribution is 5.84. The lowest BCUT2D eigenvalue weighted by atomic mass is 9.87. The van der Waals surface area contributed by atoms with E-state index in [1.165, 1.54) is 41.2 Å². The molecule has 0 saturated heterocycles. The molecular formula is C16H18O. The van der Waals surface area contributed by atoms with E-state index in [0.29, 0.717) is 6.10 Å². The molecule has 0 saturated carbocycles. The van der Waals surface area contributed by atoms with Crippen LogP contribution in [0.3, 0.4) is 0 Å². The van der Waals surface area contributed by atoms with Crippen LogP contribution in [0.15, 0.2) is 36.4 Å². The monoisotopic (exact) mass is 226 g/mol. The Morgan fingerprint density at radius 2 is 1.94 bits per heavy atom. The Morgan fingerprint density at radius 3 is 2.71 bits per heavy atom. The molecule has 0 aliphatic heterocycles. The van der Waals surface area contributed by atoms with Crippen molar-refractivity contribution in [3.8, 4) is 0 Å². The number of ether oxygens (including phenoxy) is 1. The summed E-state index contributed by atoms with van der Waals surface area (Å²) in [5, 5.41) is 2.68. The normalized spacial score (nSPS) is 19.2. The van der Waals surface area contributed by atoms with Crippen molar-refractivity contribution in [2.45, 2.75) is 32.3 Å². The molecule has 0 bridgehead atoms. The lowest BCUT2D eigenvalue weighted by Gasteiger charge is -2.26. The van der Waals surface area contributed by atoms with Gasteiger partial charge >= 0.3 is 0 Å². The molecule has 0 N–H and O–H groups in total. The Labute approximate surface area is 102 Å². The summed E-state index contributed by atoms with van der Waals surface area (Å²) in [5.74, 6) is 0. The van der Waals surface area contributed by atoms with Gasteiger partial charge in [-0.15, -0.1) is 0 Å². The molecule has 1 aliphatic rings. The third-order valence-corrected chi connectivity index (χ3v) is 3.63. The first kappa shape index (κ1) is 10.8. The van der Waals surface area contributed by atoms with Crippen molar-refractivity contribution in [2.75, 3.05) is 6.61 Å². The van der Waals surface area contributed by atoms with E-state index in [-0.39, 0.29) is 0 Å². The quantitative estimate of drug-likeness (QED) is 0.743. The van der Waals surface area contributed by atoms with Crippen LogP contribution in [0.2, 0.25) is 0 Å². The summed E-state index contributed by atoms with van der Waals surface area (Å²) < 4.78 is 5.86. The van der Waals surface area contributed by atoms with Crippen molar-refractivity contribution in [3.63, 3.8) is 0 Å². The Morgan fingerprint density at radius 1 is 1.18 bits per heavy atom. The molecule has 0 amide bonds. The molecule has 2 aromatic rings. The van der Waals surface area contributed by atoms with E-state index in [9.17, 15) is 0 Å². The van der Waals surface area contributed by atoms with Gasteiger partial charge in [-0.25, -0.2) is 0 Å². The molecule has 0 radical (unpaired) electrons. The van der Waals surface area contributed by atoms with Crippen molar-refractivity contribution in [2.24, 2.45) is 0 Å². The van der Waals surface area contributed by atoms with Crippen LogP contribution < -0.4 is 0 Å². The first-order chi connectivity index (χ1) is 8.38. The van der Waals surface area contributed by atoms with Crippen LogP contribution in [0, 0.1) is 0 Å². The molecule has 1 heteroatoms. The smallest absolute Gasteiger partial charge is 0.0827 e. The molecule has 1 unspecified atom stereocenters. The molecule has 2 aromatic carbocycles. The highest BCUT2D eigenvalue weighted by atomic mass is 16.5. The van der Waals surface area contributed by atoms with Crippen molar-refractivity contribution in [3.05, 3.63) is 47.5 Å². The number of aryl methyl sites for hydroxylation is 1. The van der Waals surface area contributed by atoms with Gasteiger partial charge in [0.25, 0.3) is 0 Å². The molecular weight excluding hydrogens is 208 g/mol. The number of fused-ring (bicyclic) bond motifs is 2. The zero-order valence-electron chi connectivity index (χ0n) is 10.3. The summed E-state index contributed by atoms with van der Waals surface area (Å²) in [5.41, 5.74) is 2.89. The second-order valence-electron chi connectivity index (χ2n) is 4.73. The van der Waals surface area contributed by atoms with Crippen molar-refractivity contribution >= 4 is 10.8 Å². The van der Waals surface area contributed by atoms with E-state index in [1.54, 1.807) is 0 Å². The second kappa shape index (κ2) is 4.50. The van der Waals surface area contributed by atoms with Gasteiger partial charge in [-0.2, -0.15) is 0 Å². The van der Waals surface area contributed by atoms with Crippen LogP contribution in [0.4, 0.5) is 0 Å². The lowest BCUT2D eigenvalue weighted by molar-refractivity contribution is 0.0501. The van der Waals surface area contributed by atoms with Gasteiger partial charge < -0.3 is 4.74 Å². The minimum absolute atomic E-state index is 0.313. The van der Waals surface area contributed by atoms with Crippen molar-refractivity contribution < 1.29 is 4.74 Å². The largest absolute Gasteiger partial charge is 0.374 e. The van der Waals surface area contributed by atoms with E-state index >= 15 is 0 Å². The number of hydrogen-bond donors (Lipinski definition) is 0. The average molecular weight is 226 g/mol. The molecule has 0 fully saturated rings. The van der Waals surface area contributed by atoms with Crippen LogP contribution in [0.25, 0.3) is 10.8 Å². The summed E-state index contributed by atoms with van der Waals surface area (Å²) >= 11 is 0. The predicted octanol–water partition coefficient (Wildman–Crippen LogP) is 4.25. The highest BCUT2D eigenvalue weighted by Crippen LogP contribution is 2.35. The summed E-state index contributed by atoms with van der Waals surface area (Å²) in [6.45, 7) is 2.88. The van der Waals surface area contributed by atoms with Crippen molar-refractivity contribution in [1.29, 1.82) is 0 Å². The van der Waals surface area contributed by atoms with Gasteiger partial charge in [0, 0.05) is 6.61 Å².